The molecule has 0 spiro atoms. The van der Waals surface area contributed by atoms with Gasteiger partial charge in [-0.3, -0.25) is 0 Å². The minimum absolute atomic E-state index is 0.814. The molecule has 0 saturated heterocycles. The number of nitrogens with zero attached hydrogens (tertiary/aromatic N) is 2. The Hall–Kier alpha value is -2.36. The highest BCUT2D eigenvalue weighted by Gasteiger charge is 2.04. The van der Waals surface area contributed by atoms with Crippen LogP contribution in [0.2, 0.25) is 0 Å². The van der Waals surface area contributed by atoms with E-state index in [0.717, 1.165) is 30.3 Å². The van der Waals surface area contributed by atoms with Crippen LogP contribution < -0.4 is 10.6 Å². The van der Waals surface area contributed by atoms with Crippen molar-refractivity contribution in [2.45, 2.75) is 39.0 Å². The van der Waals surface area contributed by atoms with E-state index in [1.165, 1.54) is 31.2 Å². The lowest BCUT2D eigenvalue weighted by atomic mass is 9.97. The Labute approximate surface area is 138 Å². The van der Waals surface area contributed by atoms with E-state index in [1.54, 1.807) is 11.9 Å². The lowest BCUT2D eigenvalue weighted by Gasteiger charge is -2.13. The molecule has 0 fully saturated rings. The predicted octanol–water partition coefficient (Wildman–Crippen LogP) is 4.83. The molecule has 2 aromatic rings. The SMILES string of the molecule is Cc1ccccc1Nc1cc(NCCC2=CCCCC2)ncn1. The van der Waals surface area contributed by atoms with Crippen LogP contribution in [0.25, 0.3) is 0 Å². The first-order valence-corrected chi connectivity index (χ1v) is 8.38. The maximum atomic E-state index is 4.30. The van der Waals surface area contributed by atoms with Crippen LogP contribution in [0.1, 0.15) is 37.7 Å². The highest BCUT2D eigenvalue weighted by atomic mass is 15.1. The van der Waals surface area contributed by atoms with Crippen molar-refractivity contribution in [3.8, 4) is 0 Å². The first-order chi connectivity index (χ1) is 11.3. The standard InChI is InChI=1S/C19H24N4/c1-15-7-5-6-10-17(15)23-19-13-18(21-14-22-19)20-12-11-16-8-3-2-4-9-16/h5-8,10,13-14H,2-4,9,11-12H2,1H3,(H2,20,21,22,23). The fraction of sp³-hybridized carbons (Fsp3) is 0.368. The minimum Gasteiger partial charge on any atom is -0.370 e. The van der Waals surface area contributed by atoms with E-state index in [9.17, 15) is 0 Å². The van der Waals surface area contributed by atoms with Crippen LogP contribution >= 0.6 is 0 Å². The first kappa shape index (κ1) is 15.5. The van der Waals surface area contributed by atoms with Gasteiger partial charge in [0.05, 0.1) is 0 Å². The molecule has 0 amide bonds. The monoisotopic (exact) mass is 308 g/mol. The van der Waals surface area contributed by atoms with Crippen LogP contribution in [0.5, 0.6) is 0 Å². The van der Waals surface area contributed by atoms with Crippen LogP contribution in [0.3, 0.4) is 0 Å². The van der Waals surface area contributed by atoms with Crippen molar-refractivity contribution in [2.24, 2.45) is 0 Å². The van der Waals surface area contributed by atoms with Crippen LogP contribution in [0.4, 0.5) is 17.3 Å². The third-order valence-electron chi connectivity index (χ3n) is 4.21. The van der Waals surface area contributed by atoms with E-state index in [-0.39, 0.29) is 0 Å². The molecule has 3 rings (SSSR count). The summed E-state index contributed by atoms with van der Waals surface area (Å²) in [6, 6.07) is 10.2. The van der Waals surface area contributed by atoms with Crippen LogP contribution in [0, 0.1) is 6.92 Å². The number of hydrogen-bond acceptors (Lipinski definition) is 4. The number of nitrogens with one attached hydrogen (secondary N) is 2. The molecule has 0 atom stereocenters. The van der Waals surface area contributed by atoms with E-state index in [4.69, 9.17) is 0 Å². The molecule has 0 aliphatic heterocycles. The van der Waals surface area contributed by atoms with Gasteiger partial charge in [0, 0.05) is 18.3 Å². The molecule has 0 saturated carbocycles. The molecule has 1 aliphatic carbocycles. The summed E-state index contributed by atoms with van der Waals surface area (Å²) in [6.07, 6.45) is 10.3. The van der Waals surface area contributed by atoms with Gasteiger partial charge in [0.2, 0.25) is 0 Å². The van der Waals surface area contributed by atoms with Gasteiger partial charge in [-0.25, -0.2) is 9.97 Å². The summed E-state index contributed by atoms with van der Waals surface area (Å²) in [4.78, 5) is 8.60. The zero-order chi connectivity index (χ0) is 15.9. The van der Waals surface area contributed by atoms with Gasteiger partial charge in [0.1, 0.15) is 18.0 Å². The minimum atomic E-state index is 0.814. The average molecular weight is 308 g/mol. The van der Waals surface area contributed by atoms with E-state index in [2.05, 4.69) is 45.7 Å². The Kier molecular flexibility index (Phi) is 5.25. The number of anilines is 3. The van der Waals surface area contributed by atoms with Gasteiger partial charge < -0.3 is 10.6 Å². The second kappa shape index (κ2) is 7.77. The van der Waals surface area contributed by atoms with Crippen molar-refractivity contribution in [1.82, 2.24) is 9.97 Å². The Morgan fingerprint density at radius 2 is 1.96 bits per heavy atom. The van der Waals surface area contributed by atoms with Crippen molar-refractivity contribution >= 4 is 17.3 Å². The molecule has 0 radical (unpaired) electrons. The van der Waals surface area contributed by atoms with E-state index >= 15 is 0 Å². The zero-order valence-electron chi connectivity index (χ0n) is 13.7. The molecule has 4 nitrogen and oxygen atoms in total. The van der Waals surface area contributed by atoms with E-state index < -0.39 is 0 Å². The Morgan fingerprint density at radius 3 is 2.78 bits per heavy atom. The topological polar surface area (TPSA) is 49.8 Å². The van der Waals surface area contributed by atoms with E-state index in [1.807, 2.05) is 18.2 Å². The molecule has 1 aromatic carbocycles. The van der Waals surface area contributed by atoms with Gasteiger partial charge >= 0.3 is 0 Å². The second-order valence-corrected chi connectivity index (χ2v) is 6.01. The lowest BCUT2D eigenvalue weighted by molar-refractivity contribution is 0.679. The Morgan fingerprint density at radius 1 is 1.09 bits per heavy atom. The number of para-hydroxylation sites is 1. The fourth-order valence-corrected chi connectivity index (χ4v) is 2.86. The number of allylic oxidation sites excluding steroid dienone is 1. The van der Waals surface area contributed by atoms with Gasteiger partial charge in [-0.05, 0) is 50.7 Å². The molecule has 120 valence electrons. The van der Waals surface area contributed by atoms with Gasteiger partial charge in [-0.15, -0.1) is 0 Å². The molecule has 1 heterocycles. The van der Waals surface area contributed by atoms with Crippen molar-refractivity contribution in [3.05, 3.63) is 53.9 Å². The molecular weight excluding hydrogens is 284 g/mol. The third-order valence-corrected chi connectivity index (χ3v) is 4.21. The number of hydrogen-bond donors (Lipinski definition) is 2. The maximum absolute atomic E-state index is 4.30. The molecule has 0 bridgehead atoms. The van der Waals surface area contributed by atoms with Crippen molar-refractivity contribution < 1.29 is 0 Å². The molecule has 23 heavy (non-hydrogen) atoms. The summed E-state index contributed by atoms with van der Waals surface area (Å²) in [5.74, 6) is 1.68. The summed E-state index contributed by atoms with van der Waals surface area (Å²) in [5, 5.41) is 6.75. The fourth-order valence-electron chi connectivity index (χ4n) is 2.86. The molecule has 4 heteroatoms. The molecule has 0 unspecified atom stereocenters. The smallest absolute Gasteiger partial charge is 0.135 e. The predicted molar refractivity (Wildman–Crippen MR) is 96.2 cm³/mol. The number of aromatic nitrogens is 2. The lowest BCUT2D eigenvalue weighted by Crippen LogP contribution is -2.06. The van der Waals surface area contributed by atoms with Crippen LogP contribution in [0.15, 0.2) is 48.3 Å². The van der Waals surface area contributed by atoms with Gasteiger partial charge in [0.25, 0.3) is 0 Å². The van der Waals surface area contributed by atoms with Crippen LogP contribution in [-0.4, -0.2) is 16.5 Å². The Bertz CT molecular complexity index is 679. The third kappa shape index (κ3) is 4.55. The summed E-state index contributed by atoms with van der Waals surface area (Å²) in [6.45, 7) is 3.01. The molecular formula is C19H24N4. The summed E-state index contributed by atoms with van der Waals surface area (Å²) in [7, 11) is 0. The van der Waals surface area contributed by atoms with Crippen molar-refractivity contribution in [2.75, 3.05) is 17.2 Å². The number of benzene rings is 1. The first-order valence-electron chi connectivity index (χ1n) is 8.38. The zero-order valence-corrected chi connectivity index (χ0v) is 13.7. The molecule has 1 aromatic heterocycles. The normalized spacial score (nSPS) is 14.2. The quantitative estimate of drug-likeness (QED) is 0.750. The highest BCUT2D eigenvalue weighted by molar-refractivity contribution is 5.61. The largest absolute Gasteiger partial charge is 0.370 e. The van der Waals surface area contributed by atoms with Gasteiger partial charge in [0.15, 0.2) is 0 Å². The van der Waals surface area contributed by atoms with E-state index in [0.29, 0.717) is 0 Å². The summed E-state index contributed by atoms with van der Waals surface area (Å²) < 4.78 is 0. The van der Waals surface area contributed by atoms with Gasteiger partial charge in [-0.1, -0.05) is 29.8 Å². The van der Waals surface area contributed by atoms with Crippen molar-refractivity contribution in [1.29, 1.82) is 0 Å². The molecule has 2 N–H and O–H groups in total. The average Bonchev–Trinajstić information content (AvgIpc) is 2.58. The number of aryl methyl sites for hydroxylation is 1. The van der Waals surface area contributed by atoms with Crippen molar-refractivity contribution in [3.63, 3.8) is 0 Å². The summed E-state index contributed by atoms with van der Waals surface area (Å²) >= 11 is 0. The van der Waals surface area contributed by atoms with Gasteiger partial charge in [-0.2, -0.15) is 0 Å². The Balaban J connectivity index is 1.57. The number of rotatable bonds is 6. The highest BCUT2D eigenvalue weighted by Crippen LogP contribution is 2.21. The maximum Gasteiger partial charge on any atom is 0.135 e. The summed E-state index contributed by atoms with van der Waals surface area (Å²) in [5.41, 5.74) is 3.85. The van der Waals surface area contributed by atoms with Crippen LogP contribution in [-0.2, 0) is 0 Å². The second-order valence-electron chi connectivity index (χ2n) is 6.01. The molecule has 1 aliphatic rings.